The summed E-state index contributed by atoms with van der Waals surface area (Å²) in [5.41, 5.74) is 7.42. The number of rotatable bonds is 4. The number of nitrogens with zero attached hydrogens (tertiary/aromatic N) is 5. The first-order chi connectivity index (χ1) is 8.38. The summed E-state index contributed by atoms with van der Waals surface area (Å²) in [5.74, 6) is 0. The molecule has 0 saturated heterocycles. The molecular formula is C12H20N6. The van der Waals surface area contributed by atoms with Gasteiger partial charge >= 0.3 is 0 Å². The Labute approximate surface area is 107 Å². The predicted molar refractivity (Wildman–Crippen MR) is 68.9 cm³/mol. The zero-order valence-electron chi connectivity index (χ0n) is 11.3. The largest absolute Gasteiger partial charge is 0.330 e. The van der Waals surface area contributed by atoms with E-state index < -0.39 is 5.54 Å². The van der Waals surface area contributed by atoms with Crippen LogP contribution in [0.15, 0.2) is 18.7 Å². The molecule has 0 bridgehead atoms. The lowest BCUT2D eigenvalue weighted by atomic mass is 10.0. The van der Waals surface area contributed by atoms with Crippen molar-refractivity contribution in [3.8, 4) is 0 Å². The van der Waals surface area contributed by atoms with Gasteiger partial charge < -0.3 is 10.3 Å². The van der Waals surface area contributed by atoms with E-state index in [-0.39, 0.29) is 0 Å². The normalized spacial score (nSPS) is 12.3. The molecule has 0 aliphatic rings. The van der Waals surface area contributed by atoms with Gasteiger partial charge in [-0.1, -0.05) is 5.21 Å². The van der Waals surface area contributed by atoms with Crippen molar-refractivity contribution in [2.45, 2.75) is 45.8 Å². The number of hydrogen-bond donors (Lipinski definition) is 1. The van der Waals surface area contributed by atoms with Crippen molar-refractivity contribution in [1.82, 2.24) is 24.5 Å². The first kappa shape index (κ1) is 12.8. The Morgan fingerprint density at radius 2 is 2.11 bits per heavy atom. The summed E-state index contributed by atoms with van der Waals surface area (Å²) >= 11 is 0. The van der Waals surface area contributed by atoms with Crippen LogP contribution in [-0.4, -0.2) is 24.5 Å². The van der Waals surface area contributed by atoms with Crippen LogP contribution in [0, 0.1) is 0 Å². The molecular weight excluding hydrogens is 228 g/mol. The highest BCUT2D eigenvalue weighted by molar-refractivity contribution is 5.07. The van der Waals surface area contributed by atoms with E-state index in [2.05, 4.69) is 33.7 Å². The molecule has 98 valence electrons. The SMILES string of the molecule is CC(C)n1cncc1Cn1cc(C(C)(C)N)nn1. The molecule has 0 amide bonds. The van der Waals surface area contributed by atoms with E-state index >= 15 is 0 Å². The second kappa shape index (κ2) is 4.53. The van der Waals surface area contributed by atoms with Gasteiger partial charge in [-0.15, -0.1) is 5.10 Å². The summed E-state index contributed by atoms with van der Waals surface area (Å²) in [6.07, 6.45) is 5.58. The Morgan fingerprint density at radius 1 is 1.39 bits per heavy atom. The maximum atomic E-state index is 5.99. The minimum atomic E-state index is -0.462. The molecule has 18 heavy (non-hydrogen) atoms. The van der Waals surface area contributed by atoms with E-state index in [1.54, 1.807) is 4.68 Å². The third-order valence-electron chi connectivity index (χ3n) is 2.83. The van der Waals surface area contributed by atoms with Gasteiger partial charge in [0.15, 0.2) is 0 Å². The first-order valence-electron chi connectivity index (χ1n) is 6.08. The molecule has 0 saturated carbocycles. The molecule has 0 aromatic carbocycles. The van der Waals surface area contributed by atoms with Crippen molar-refractivity contribution < 1.29 is 0 Å². The van der Waals surface area contributed by atoms with Gasteiger partial charge in [0.25, 0.3) is 0 Å². The van der Waals surface area contributed by atoms with Crippen LogP contribution in [0.2, 0.25) is 0 Å². The minimum absolute atomic E-state index is 0.386. The van der Waals surface area contributed by atoms with Gasteiger partial charge in [0.2, 0.25) is 0 Å². The van der Waals surface area contributed by atoms with Crippen LogP contribution >= 0.6 is 0 Å². The summed E-state index contributed by atoms with van der Waals surface area (Å²) < 4.78 is 3.91. The van der Waals surface area contributed by atoms with Gasteiger partial charge in [-0.05, 0) is 27.7 Å². The lowest BCUT2D eigenvalue weighted by Crippen LogP contribution is -2.29. The third kappa shape index (κ3) is 2.59. The van der Waals surface area contributed by atoms with E-state index in [1.165, 1.54) is 0 Å². The number of aromatic nitrogens is 5. The van der Waals surface area contributed by atoms with Gasteiger partial charge in [0.05, 0.1) is 36.5 Å². The second-order valence-corrected chi connectivity index (χ2v) is 5.41. The molecule has 0 spiro atoms. The van der Waals surface area contributed by atoms with Crippen LogP contribution in [0.1, 0.15) is 45.1 Å². The Balaban J connectivity index is 2.19. The highest BCUT2D eigenvalue weighted by Crippen LogP contribution is 2.14. The van der Waals surface area contributed by atoms with Crippen molar-refractivity contribution in [1.29, 1.82) is 0 Å². The molecule has 0 aliphatic carbocycles. The highest BCUT2D eigenvalue weighted by atomic mass is 15.4. The predicted octanol–water partition coefficient (Wildman–Crippen LogP) is 1.30. The van der Waals surface area contributed by atoms with Crippen LogP contribution in [0.3, 0.4) is 0 Å². The van der Waals surface area contributed by atoms with E-state index in [4.69, 9.17) is 5.73 Å². The zero-order valence-corrected chi connectivity index (χ0v) is 11.3. The summed E-state index contributed by atoms with van der Waals surface area (Å²) in [7, 11) is 0. The van der Waals surface area contributed by atoms with Crippen LogP contribution in [-0.2, 0) is 12.1 Å². The molecule has 0 aliphatic heterocycles. The Hall–Kier alpha value is -1.69. The van der Waals surface area contributed by atoms with Crippen LogP contribution in [0.4, 0.5) is 0 Å². The molecule has 0 radical (unpaired) electrons. The van der Waals surface area contributed by atoms with E-state index in [0.29, 0.717) is 12.6 Å². The topological polar surface area (TPSA) is 74.5 Å². The first-order valence-corrected chi connectivity index (χ1v) is 6.08. The van der Waals surface area contributed by atoms with E-state index in [1.807, 2.05) is 32.6 Å². The molecule has 2 aromatic rings. The van der Waals surface area contributed by atoms with Crippen molar-refractivity contribution in [2.75, 3.05) is 0 Å². The minimum Gasteiger partial charge on any atom is -0.330 e. The molecule has 0 fully saturated rings. The maximum absolute atomic E-state index is 5.99. The fraction of sp³-hybridized carbons (Fsp3) is 0.583. The van der Waals surface area contributed by atoms with Gasteiger partial charge in [-0.2, -0.15) is 0 Å². The quantitative estimate of drug-likeness (QED) is 0.885. The molecule has 0 atom stereocenters. The van der Waals surface area contributed by atoms with Crippen molar-refractivity contribution in [3.63, 3.8) is 0 Å². The molecule has 6 heteroatoms. The van der Waals surface area contributed by atoms with Gasteiger partial charge in [-0.25, -0.2) is 9.67 Å². The van der Waals surface area contributed by atoms with Gasteiger partial charge in [0.1, 0.15) is 5.69 Å². The molecule has 2 rings (SSSR count). The molecule has 2 aromatic heterocycles. The zero-order chi connectivity index (χ0) is 13.3. The van der Waals surface area contributed by atoms with Crippen LogP contribution in [0.25, 0.3) is 0 Å². The Bertz CT molecular complexity index is 517. The van der Waals surface area contributed by atoms with E-state index in [9.17, 15) is 0 Å². The van der Waals surface area contributed by atoms with E-state index in [0.717, 1.165) is 11.4 Å². The Morgan fingerprint density at radius 3 is 2.67 bits per heavy atom. The number of nitrogens with two attached hydrogens (primary N) is 1. The van der Waals surface area contributed by atoms with Gasteiger partial charge in [-0.3, -0.25) is 0 Å². The summed E-state index contributed by atoms with van der Waals surface area (Å²) in [6.45, 7) is 8.74. The molecule has 0 unspecified atom stereocenters. The average molecular weight is 248 g/mol. The summed E-state index contributed by atoms with van der Waals surface area (Å²) in [6, 6.07) is 0.386. The lowest BCUT2D eigenvalue weighted by Gasteiger charge is -2.13. The average Bonchev–Trinajstić information content (AvgIpc) is 2.85. The van der Waals surface area contributed by atoms with Crippen molar-refractivity contribution >= 4 is 0 Å². The van der Waals surface area contributed by atoms with Crippen molar-refractivity contribution in [3.05, 3.63) is 30.1 Å². The summed E-state index contributed by atoms with van der Waals surface area (Å²) in [4.78, 5) is 4.17. The fourth-order valence-electron chi connectivity index (χ4n) is 1.76. The number of imidazole rings is 1. The lowest BCUT2D eigenvalue weighted by molar-refractivity contribution is 0.533. The molecule has 6 nitrogen and oxygen atoms in total. The monoisotopic (exact) mass is 248 g/mol. The van der Waals surface area contributed by atoms with Crippen LogP contribution in [0.5, 0.6) is 0 Å². The highest BCUT2D eigenvalue weighted by Gasteiger charge is 2.18. The third-order valence-corrected chi connectivity index (χ3v) is 2.83. The fourth-order valence-corrected chi connectivity index (χ4v) is 1.76. The van der Waals surface area contributed by atoms with Crippen molar-refractivity contribution in [2.24, 2.45) is 5.73 Å². The van der Waals surface area contributed by atoms with Crippen LogP contribution < -0.4 is 5.73 Å². The molecule has 2 heterocycles. The van der Waals surface area contributed by atoms with Gasteiger partial charge in [0, 0.05) is 6.04 Å². The maximum Gasteiger partial charge on any atom is 0.102 e. The smallest absolute Gasteiger partial charge is 0.102 e. The number of hydrogen-bond acceptors (Lipinski definition) is 4. The standard InChI is InChI=1S/C12H20N6/c1-9(2)18-8-14-5-10(18)6-17-7-11(15-16-17)12(3,4)13/h5,7-9H,6,13H2,1-4H3. The molecule has 2 N–H and O–H groups in total. The summed E-state index contributed by atoms with van der Waals surface area (Å²) in [5, 5.41) is 8.20. The Kier molecular flexibility index (Phi) is 3.21. The second-order valence-electron chi connectivity index (χ2n) is 5.41.